The lowest BCUT2D eigenvalue weighted by molar-refractivity contribution is 0.327. The molecule has 17 heavy (non-hydrogen) atoms. The van der Waals surface area contributed by atoms with Gasteiger partial charge in [0.05, 0.1) is 6.61 Å². The maximum atomic E-state index is 5.62. The molecule has 0 radical (unpaired) electrons. The van der Waals surface area contributed by atoms with E-state index < -0.39 is 0 Å². The molecule has 0 aliphatic rings. The van der Waals surface area contributed by atoms with E-state index in [0.717, 1.165) is 31.7 Å². The molecule has 0 saturated heterocycles. The van der Waals surface area contributed by atoms with Gasteiger partial charge in [0.2, 0.25) is 0 Å². The van der Waals surface area contributed by atoms with Gasteiger partial charge < -0.3 is 10.1 Å². The quantitative estimate of drug-likeness (QED) is 0.575. The molecule has 0 aliphatic carbocycles. The summed E-state index contributed by atoms with van der Waals surface area (Å²) >= 11 is 0. The van der Waals surface area contributed by atoms with Crippen LogP contribution in [0.5, 0.6) is 5.75 Å². The number of rotatable bonds is 7. The Balaban J connectivity index is 2.38. The minimum absolute atomic E-state index is 0.659. The predicted molar refractivity (Wildman–Crippen MR) is 72.0 cm³/mol. The van der Waals surface area contributed by atoms with Crippen molar-refractivity contribution in [1.29, 1.82) is 0 Å². The van der Waals surface area contributed by atoms with Gasteiger partial charge in [-0.3, -0.25) is 0 Å². The Morgan fingerprint density at radius 2 is 2.24 bits per heavy atom. The van der Waals surface area contributed by atoms with E-state index in [9.17, 15) is 0 Å². The van der Waals surface area contributed by atoms with E-state index in [2.05, 4.69) is 36.2 Å². The summed E-state index contributed by atoms with van der Waals surface area (Å²) in [5.41, 5.74) is 1.26. The van der Waals surface area contributed by atoms with Gasteiger partial charge >= 0.3 is 0 Å². The Morgan fingerprint density at radius 1 is 1.35 bits per heavy atom. The van der Waals surface area contributed by atoms with Crippen molar-refractivity contribution in [3.63, 3.8) is 0 Å². The summed E-state index contributed by atoms with van der Waals surface area (Å²) in [5.74, 6) is 6.78. The molecule has 0 aliphatic heterocycles. The maximum Gasteiger partial charge on any atom is 0.119 e. The van der Waals surface area contributed by atoms with Crippen molar-refractivity contribution >= 4 is 0 Å². The van der Waals surface area contributed by atoms with Crippen LogP contribution in [0.3, 0.4) is 0 Å². The molecular formula is C15H21NO. The molecule has 1 aromatic rings. The van der Waals surface area contributed by atoms with Crippen LogP contribution >= 0.6 is 0 Å². The SMILES string of the molecule is CC#CCCOc1cccc(CNCCC)c1. The van der Waals surface area contributed by atoms with E-state index in [1.807, 2.05) is 19.1 Å². The van der Waals surface area contributed by atoms with Crippen LogP contribution in [0.25, 0.3) is 0 Å². The van der Waals surface area contributed by atoms with Crippen LogP contribution in [-0.4, -0.2) is 13.2 Å². The highest BCUT2D eigenvalue weighted by atomic mass is 16.5. The second-order valence-electron chi connectivity index (χ2n) is 3.85. The number of hydrogen-bond acceptors (Lipinski definition) is 2. The zero-order valence-electron chi connectivity index (χ0n) is 10.8. The smallest absolute Gasteiger partial charge is 0.119 e. The first-order valence-electron chi connectivity index (χ1n) is 6.19. The summed E-state index contributed by atoms with van der Waals surface area (Å²) in [6.07, 6.45) is 1.95. The predicted octanol–water partition coefficient (Wildman–Crippen LogP) is 2.98. The van der Waals surface area contributed by atoms with Crippen molar-refractivity contribution in [3.8, 4) is 17.6 Å². The number of benzene rings is 1. The Bertz CT molecular complexity index is 376. The zero-order valence-corrected chi connectivity index (χ0v) is 10.8. The molecule has 0 bridgehead atoms. The molecule has 0 unspecified atom stereocenters. The first-order valence-corrected chi connectivity index (χ1v) is 6.19. The molecule has 1 aromatic carbocycles. The van der Waals surface area contributed by atoms with Crippen LogP contribution in [0.4, 0.5) is 0 Å². The molecule has 0 atom stereocenters. The summed E-state index contributed by atoms with van der Waals surface area (Å²) in [4.78, 5) is 0. The van der Waals surface area contributed by atoms with Crippen LogP contribution in [0, 0.1) is 11.8 Å². The molecule has 0 fully saturated rings. The number of nitrogens with one attached hydrogen (secondary N) is 1. The van der Waals surface area contributed by atoms with Crippen molar-refractivity contribution < 1.29 is 4.74 Å². The highest BCUT2D eigenvalue weighted by molar-refractivity contribution is 5.28. The van der Waals surface area contributed by atoms with E-state index in [0.29, 0.717) is 6.61 Å². The monoisotopic (exact) mass is 231 g/mol. The molecule has 0 spiro atoms. The molecule has 0 amide bonds. The van der Waals surface area contributed by atoms with E-state index >= 15 is 0 Å². The van der Waals surface area contributed by atoms with Gasteiger partial charge in [-0.25, -0.2) is 0 Å². The summed E-state index contributed by atoms with van der Waals surface area (Å²) < 4.78 is 5.62. The van der Waals surface area contributed by atoms with Crippen molar-refractivity contribution in [3.05, 3.63) is 29.8 Å². The molecule has 2 nitrogen and oxygen atoms in total. The lowest BCUT2D eigenvalue weighted by Crippen LogP contribution is -2.13. The summed E-state index contributed by atoms with van der Waals surface area (Å²) in [6, 6.07) is 8.22. The second kappa shape index (κ2) is 8.66. The highest BCUT2D eigenvalue weighted by Crippen LogP contribution is 2.13. The fraction of sp³-hybridized carbons (Fsp3) is 0.467. The second-order valence-corrected chi connectivity index (χ2v) is 3.85. The van der Waals surface area contributed by atoms with Gasteiger partial charge in [-0.15, -0.1) is 11.8 Å². The van der Waals surface area contributed by atoms with Crippen LogP contribution in [0.1, 0.15) is 32.3 Å². The molecule has 0 saturated carbocycles. The Hall–Kier alpha value is -1.46. The number of ether oxygens (including phenoxy) is 1. The molecule has 92 valence electrons. The van der Waals surface area contributed by atoms with Gasteiger partial charge in [-0.05, 0) is 37.6 Å². The normalized spacial score (nSPS) is 9.53. The molecule has 1 N–H and O–H groups in total. The van der Waals surface area contributed by atoms with Crippen molar-refractivity contribution in [1.82, 2.24) is 5.32 Å². The largest absolute Gasteiger partial charge is 0.493 e. The number of hydrogen-bond donors (Lipinski definition) is 1. The lowest BCUT2D eigenvalue weighted by Gasteiger charge is -2.07. The fourth-order valence-electron chi connectivity index (χ4n) is 1.50. The summed E-state index contributed by atoms with van der Waals surface area (Å²) in [7, 11) is 0. The third-order valence-electron chi connectivity index (χ3n) is 2.33. The third-order valence-corrected chi connectivity index (χ3v) is 2.33. The first kappa shape index (κ1) is 13.6. The Labute approximate surface area is 104 Å². The van der Waals surface area contributed by atoms with E-state index in [1.54, 1.807) is 0 Å². The molecule has 2 heteroatoms. The third kappa shape index (κ3) is 5.99. The van der Waals surface area contributed by atoms with E-state index in [1.165, 1.54) is 5.56 Å². The van der Waals surface area contributed by atoms with Crippen molar-refractivity contribution in [2.24, 2.45) is 0 Å². The van der Waals surface area contributed by atoms with Crippen LogP contribution in [-0.2, 0) is 6.54 Å². The van der Waals surface area contributed by atoms with Crippen LogP contribution in [0.15, 0.2) is 24.3 Å². The fourth-order valence-corrected chi connectivity index (χ4v) is 1.50. The maximum absolute atomic E-state index is 5.62. The summed E-state index contributed by atoms with van der Waals surface area (Å²) in [6.45, 7) is 6.63. The van der Waals surface area contributed by atoms with Gasteiger partial charge in [0.25, 0.3) is 0 Å². The van der Waals surface area contributed by atoms with Gasteiger partial charge in [-0.2, -0.15) is 0 Å². The minimum Gasteiger partial charge on any atom is -0.493 e. The first-order chi connectivity index (χ1) is 8.36. The molecular weight excluding hydrogens is 210 g/mol. The highest BCUT2D eigenvalue weighted by Gasteiger charge is 1.96. The minimum atomic E-state index is 0.659. The molecule has 0 aromatic heterocycles. The van der Waals surface area contributed by atoms with Crippen LogP contribution < -0.4 is 10.1 Å². The van der Waals surface area contributed by atoms with Gasteiger partial charge in [0, 0.05) is 13.0 Å². The van der Waals surface area contributed by atoms with E-state index in [4.69, 9.17) is 4.74 Å². The van der Waals surface area contributed by atoms with Gasteiger partial charge in [0.15, 0.2) is 0 Å². The Morgan fingerprint density at radius 3 is 3.00 bits per heavy atom. The average molecular weight is 231 g/mol. The Kier molecular flexibility index (Phi) is 6.93. The van der Waals surface area contributed by atoms with Gasteiger partial charge in [0.1, 0.15) is 5.75 Å². The van der Waals surface area contributed by atoms with E-state index in [-0.39, 0.29) is 0 Å². The average Bonchev–Trinajstić information content (AvgIpc) is 2.36. The lowest BCUT2D eigenvalue weighted by atomic mass is 10.2. The summed E-state index contributed by atoms with van der Waals surface area (Å²) in [5, 5.41) is 3.38. The molecule has 0 heterocycles. The van der Waals surface area contributed by atoms with Crippen molar-refractivity contribution in [2.75, 3.05) is 13.2 Å². The van der Waals surface area contributed by atoms with Gasteiger partial charge in [-0.1, -0.05) is 19.1 Å². The van der Waals surface area contributed by atoms with Crippen LogP contribution in [0.2, 0.25) is 0 Å². The molecule has 1 rings (SSSR count). The standard InChI is InChI=1S/C15H21NO/c1-3-5-6-11-17-15-9-7-8-14(12-15)13-16-10-4-2/h7-9,12,16H,4,6,10-11,13H2,1-2H3. The van der Waals surface area contributed by atoms with Crippen molar-refractivity contribution in [2.45, 2.75) is 33.2 Å². The topological polar surface area (TPSA) is 21.3 Å². The zero-order chi connectivity index (χ0) is 12.3.